The van der Waals surface area contributed by atoms with Crippen LogP contribution < -0.4 is 11.1 Å². The summed E-state index contributed by atoms with van der Waals surface area (Å²) in [5.74, 6) is 0.561. The molecule has 0 spiro atoms. The number of nitrogens with two attached hydrogens (primary N) is 1. The molecule has 62 valence electrons. The zero-order valence-corrected chi connectivity index (χ0v) is 6.60. The van der Waals surface area contributed by atoms with Gasteiger partial charge in [0, 0.05) is 11.5 Å². The first kappa shape index (κ1) is 7.10. The van der Waals surface area contributed by atoms with Crippen LogP contribution in [0, 0.1) is 5.92 Å². The van der Waals surface area contributed by atoms with E-state index >= 15 is 0 Å². The first-order chi connectivity index (χ1) is 5.26. The normalized spacial score (nSPS) is 41.2. The van der Waals surface area contributed by atoms with E-state index in [0.29, 0.717) is 12.5 Å². The number of piperidine rings is 1. The van der Waals surface area contributed by atoms with Crippen molar-refractivity contribution in [2.75, 3.05) is 6.54 Å². The Hall–Kier alpha value is -0.570. The lowest BCUT2D eigenvalue weighted by Gasteiger charge is -2.26. The highest BCUT2D eigenvalue weighted by Gasteiger charge is 2.48. The Kier molecular flexibility index (Phi) is 1.42. The van der Waals surface area contributed by atoms with E-state index in [4.69, 9.17) is 5.73 Å². The van der Waals surface area contributed by atoms with Crippen LogP contribution in [0.1, 0.15) is 25.7 Å². The molecule has 3 nitrogen and oxygen atoms in total. The standard InChI is InChI=1S/C8H14N2O/c9-4-3-8-2-1-6(5-8)7(11)10-8/h6H,1-5,9H2,(H,10,11). The minimum Gasteiger partial charge on any atom is -0.350 e. The summed E-state index contributed by atoms with van der Waals surface area (Å²) in [5.41, 5.74) is 5.59. The zero-order valence-electron chi connectivity index (χ0n) is 6.60. The van der Waals surface area contributed by atoms with Crippen LogP contribution in [0.2, 0.25) is 0 Å². The van der Waals surface area contributed by atoms with E-state index in [1.165, 1.54) is 0 Å². The predicted molar refractivity (Wildman–Crippen MR) is 41.9 cm³/mol. The van der Waals surface area contributed by atoms with Crippen molar-refractivity contribution in [3.63, 3.8) is 0 Å². The molecule has 1 aliphatic carbocycles. The Morgan fingerprint density at radius 2 is 2.55 bits per heavy atom. The molecule has 1 heterocycles. The Balaban J connectivity index is 2.11. The third-order valence-corrected chi connectivity index (χ3v) is 2.99. The molecule has 2 unspecified atom stereocenters. The van der Waals surface area contributed by atoms with Gasteiger partial charge in [0.1, 0.15) is 0 Å². The Bertz CT molecular complexity index is 193. The van der Waals surface area contributed by atoms with Crippen LogP contribution in [0.5, 0.6) is 0 Å². The molecule has 11 heavy (non-hydrogen) atoms. The summed E-state index contributed by atoms with van der Waals surface area (Å²) in [6, 6.07) is 0. The van der Waals surface area contributed by atoms with Crippen LogP contribution in [0.3, 0.4) is 0 Å². The summed E-state index contributed by atoms with van der Waals surface area (Å²) in [7, 11) is 0. The fourth-order valence-corrected chi connectivity index (χ4v) is 2.39. The van der Waals surface area contributed by atoms with Crippen molar-refractivity contribution >= 4 is 5.91 Å². The van der Waals surface area contributed by atoms with Gasteiger partial charge in [-0.25, -0.2) is 0 Å². The van der Waals surface area contributed by atoms with Gasteiger partial charge >= 0.3 is 0 Å². The zero-order chi connectivity index (χ0) is 7.90. The molecule has 2 atom stereocenters. The van der Waals surface area contributed by atoms with Crippen molar-refractivity contribution < 1.29 is 4.79 Å². The Labute approximate surface area is 66.3 Å². The van der Waals surface area contributed by atoms with E-state index < -0.39 is 0 Å². The smallest absolute Gasteiger partial charge is 0.223 e. The molecule has 0 aromatic heterocycles. The molecule has 1 saturated heterocycles. The lowest BCUT2D eigenvalue weighted by molar-refractivity contribution is -0.124. The Morgan fingerprint density at radius 3 is 3.00 bits per heavy atom. The van der Waals surface area contributed by atoms with Crippen LogP contribution in [0.15, 0.2) is 0 Å². The molecule has 0 aromatic carbocycles. The minimum atomic E-state index is 0.108. The van der Waals surface area contributed by atoms with E-state index in [-0.39, 0.29) is 11.4 Å². The van der Waals surface area contributed by atoms with Gasteiger partial charge < -0.3 is 11.1 Å². The summed E-state index contributed by atoms with van der Waals surface area (Å²) < 4.78 is 0. The second-order valence-corrected chi connectivity index (χ2v) is 3.75. The van der Waals surface area contributed by atoms with E-state index in [1.54, 1.807) is 0 Å². The molecule has 2 bridgehead atoms. The second-order valence-electron chi connectivity index (χ2n) is 3.75. The molecule has 1 saturated carbocycles. The maximum absolute atomic E-state index is 11.2. The molecule has 1 amide bonds. The van der Waals surface area contributed by atoms with Gasteiger partial charge in [0.25, 0.3) is 0 Å². The number of nitrogens with one attached hydrogen (secondary N) is 1. The summed E-state index contributed by atoms with van der Waals surface area (Å²) in [6.45, 7) is 0.688. The molecular weight excluding hydrogens is 140 g/mol. The van der Waals surface area contributed by atoms with E-state index in [9.17, 15) is 4.79 Å². The molecular formula is C8H14N2O. The highest BCUT2D eigenvalue weighted by molar-refractivity contribution is 5.83. The van der Waals surface area contributed by atoms with Gasteiger partial charge in [0.2, 0.25) is 5.91 Å². The van der Waals surface area contributed by atoms with Crippen LogP contribution >= 0.6 is 0 Å². The van der Waals surface area contributed by atoms with Gasteiger partial charge in [0.15, 0.2) is 0 Å². The Morgan fingerprint density at radius 1 is 1.73 bits per heavy atom. The number of hydrogen-bond acceptors (Lipinski definition) is 2. The van der Waals surface area contributed by atoms with Gasteiger partial charge in [-0.05, 0) is 32.2 Å². The number of fused-ring (bicyclic) bond motifs is 2. The second kappa shape index (κ2) is 2.21. The van der Waals surface area contributed by atoms with Gasteiger partial charge in [-0.1, -0.05) is 0 Å². The maximum atomic E-state index is 11.2. The average Bonchev–Trinajstić information content (AvgIpc) is 2.44. The number of hydrogen-bond donors (Lipinski definition) is 2. The highest BCUT2D eigenvalue weighted by atomic mass is 16.2. The third-order valence-electron chi connectivity index (χ3n) is 2.99. The van der Waals surface area contributed by atoms with Crippen molar-refractivity contribution in [3.8, 4) is 0 Å². The quantitative estimate of drug-likeness (QED) is 0.588. The van der Waals surface area contributed by atoms with Crippen molar-refractivity contribution in [2.24, 2.45) is 11.7 Å². The van der Waals surface area contributed by atoms with Gasteiger partial charge in [-0.2, -0.15) is 0 Å². The summed E-state index contributed by atoms with van der Waals surface area (Å²) in [6.07, 6.45) is 4.20. The monoisotopic (exact) mass is 154 g/mol. The third kappa shape index (κ3) is 0.948. The van der Waals surface area contributed by atoms with E-state index in [2.05, 4.69) is 5.32 Å². The number of rotatable bonds is 2. The van der Waals surface area contributed by atoms with Crippen molar-refractivity contribution in [3.05, 3.63) is 0 Å². The van der Waals surface area contributed by atoms with Crippen molar-refractivity contribution in [1.29, 1.82) is 0 Å². The fourth-order valence-electron chi connectivity index (χ4n) is 2.39. The van der Waals surface area contributed by atoms with Gasteiger partial charge in [-0.3, -0.25) is 4.79 Å². The molecule has 3 heteroatoms. The summed E-state index contributed by atoms with van der Waals surface area (Å²) in [5, 5.41) is 3.05. The molecule has 0 aromatic rings. The fraction of sp³-hybridized carbons (Fsp3) is 0.875. The topological polar surface area (TPSA) is 55.1 Å². The molecule has 1 aliphatic heterocycles. The van der Waals surface area contributed by atoms with Gasteiger partial charge in [-0.15, -0.1) is 0 Å². The molecule has 3 N–H and O–H groups in total. The van der Waals surface area contributed by atoms with Crippen LogP contribution in [0.4, 0.5) is 0 Å². The molecule has 0 radical (unpaired) electrons. The van der Waals surface area contributed by atoms with Crippen molar-refractivity contribution in [2.45, 2.75) is 31.2 Å². The number of amides is 1. The summed E-state index contributed by atoms with van der Waals surface area (Å²) >= 11 is 0. The first-order valence-electron chi connectivity index (χ1n) is 4.28. The van der Waals surface area contributed by atoms with E-state index in [0.717, 1.165) is 25.7 Å². The van der Waals surface area contributed by atoms with Crippen molar-refractivity contribution in [1.82, 2.24) is 5.32 Å². The lowest BCUT2D eigenvalue weighted by Crippen LogP contribution is -2.44. The molecule has 2 aliphatic rings. The van der Waals surface area contributed by atoms with E-state index in [1.807, 2.05) is 0 Å². The maximum Gasteiger partial charge on any atom is 0.223 e. The largest absolute Gasteiger partial charge is 0.350 e. The molecule has 2 rings (SSSR count). The predicted octanol–water partition coefficient (Wildman–Crippen LogP) is 0.00390. The average molecular weight is 154 g/mol. The van der Waals surface area contributed by atoms with Crippen LogP contribution in [-0.2, 0) is 4.79 Å². The minimum absolute atomic E-state index is 0.108. The summed E-state index contributed by atoms with van der Waals surface area (Å²) in [4.78, 5) is 11.2. The highest BCUT2D eigenvalue weighted by Crippen LogP contribution is 2.42. The van der Waals surface area contributed by atoms with Crippen LogP contribution in [-0.4, -0.2) is 18.0 Å². The number of carbonyl (C=O) groups is 1. The van der Waals surface area contributed by atoms with Crippen LogP contribution in [0.25, 0.3) is 0 Å². The van der Waals surface area contributed by atoms with Gasteiger partial charge in [0.05, 0.1) is 0 Å². The SMILES string of the molecule is NCCC12CCC(C1)C(=O)N2. The number of carbonyl (C=O) groups excluding carboxylic acids is 1. The molecule has 2 fully saturated rings. The first-order valence-corrected chi connectivity index (χ1v) is 4.28. The lowest BCUT2D eigenvalue weighted by atomic mass is 9.95.